The van der Waals surface area contributed by atoms with E-state index in [2.05, 4.69) is 4.98 Å². The van der Waals surface area contributed by atoms with Crippen LogP contribution in [0.5, 0.6) is 5.75 Å². The lowest BCUT2D eigenvalue weighted by Gasteiger charge is -2.15. The third-order valence-electron chi connectivity index (χ3n) is 2.40. The van der Waals surface area contributed by atoms with Gasteiger partial charge < -0.3 is 9.84 Å². The summed E-state index contributed by atoms with van der Waals surface area (Å²) < 4.78 is 5.43. The van der Waals surface area contributed by atoms with Crippen molar-refractivity contribution in [1.82, 2.24) is 4.98 Å². The fourth-order valence-corrected chi connectivity index (χ4v) is 1.53. The maximum absolute atomic E-state index is 11.7. The molecule has 19 heavy (non-hydrogen) atoms. The van der Waals surface area contributed by atoms with Crippen molar-refractivity contribution in [3.8, 4) is 5.75 Å². The standard InChI is InChI=1S/C14H11NO4/c16-12(14(17)18)13(11-8-4-5-9-15-11)19-10-6-2-1-3-7-10/h1-9,13H,(H,17,18). The van der Waals surface area contributed by atoms with Crippen LogP contribution in [-0.2, 0) is 9.59 Å². The fraction of sp³-hybridized carbons (Fsp3) is 0.0714. The highest BCUT2D eigenvalue weighted by Crippen LogP contribution is 2.21. The third-order valence-corrected chi connectivity index (χ3v) is 2.40. The number of rotatable bonds is 5. The molecule has 1 aromatic carbocycles. The van der Waals surface area contributed by atoms with Gasteiger partial charge in [-0.2, -0.15) is 0 Å². The third kappa shape index (κ3) is 3.16. The summed E-state index contributed by atoms with van der Waals surface area (Å²) in [5.74, 6) is -2.19. The van der Waals surface area contributed by atoms with Crippen molar-refractivity contribution < 1.29 is 19.4 Å². The zero-order valence-corrected chi connectivity index (χ0v) is 9.89. The van der Waals surface area contributed by atoms with Gasteiger partial charge in [-0.1, -0.05) is 24.3 Å². The van der Waals surface area contributed by atoms with Crippen molar-refractivity contribution in [2.75, 3.05) is 0 Å². The molecule has 0 bridgehead atoms. The van der Waals surface area contributed by atoms with E-state index in [0.29, 0.717) is 5.75 Å². The molecule has 5 nitrogen and oxygen atoms in total. The summed E-state index contributed by atoms with van der Waals surface area (Å²) in [6, 6.07) is 13.4. The molecule has 0 amide bonds. The largest absolute Gasteiger partial charge is 0.476 e. The number of carboxylic acid groups (broad SMARTS) is 1. The maximum atomic E-state index is 11.7. The fourth-order valence-electron chi connectivity index (χ4n) is 1.53. The molecule has 0 radical (unpaired) electrons. The number of hydrogen-bond donors (Lipinski definition) is 1. The molecule has 96 valence electrons. The molecule has 1 unspecified atom stereocenters. The number of carbonyl (C=O) groups is 2. The maximum Gasteiger partial charge on any atom is 0.376 e. The number of ether oxygens (including phenoxy) is 1. The number of carbonyl (C=O) groups excluding carboxylic acids is 1. The number of aliphatic carboxylic acids is 1. The second-order valence-corrected chi connectivity index (χ2v) is 3.73. The molecule has 0 saturated carbocycles. The van der Waals surface area contributed by atoms with E-state index < -0.39 is 17.9 Å². The van der Waals surface area contributed by atoms with Gasteiger partial charge >= 0.3 is 5.97 Å². The Morgan fingerprint density at radius 2 is 1.74 bits per heavy atom. The number of ketones is 1. The normalized spacial score (nSPS) is 11.6. The predicted octanol–water partition coefficient (Wildman–Crippen LogP) is 1.86. The van der Waals surface area contributed by atoms with Crippen molar-refractivity contribution in [2.45, 2.75) is 6.10 Å². The molecule has 1 heterocycles. The Balaban J connectivity index is 2.30. The quantitative estimate of drug-likeness (QED) is 0.827. The first-order chi connectivity index (χ1) is 9.18. The van der Waals surface area contributed by atoms with Crippen LogP contribution in [0.15, 0.2) is 54.7 Å². The van der Waals surface area contributed by atoms with Crippen molar-refractivity contribution >= 4 is 11.8 Å². The molecule has 0 fully saturated rings. The van der Waals surface area contributed by atoms with Crippen LogP contribution in [0.4, 0.5) is 0 Å². The number of benzene rings is 1. The second kappa shape index (κ2) is 5.77. The van der Waals surface area contributed by atoms with Crippen molar-refractivity contribution in [1.29, 1.82) is 0 Å². The second-order valence-electron chi connectivity index (χ2n) is 3.73. The highest BCUT2D eigenvalue weighted by molar-refractivity contribution is 6.34. The summed E-state index contributed by atoms with van der Waals surface area (Å²) in [6.07, 6.45) is 0.229. The van der Waals surface area contributed by atoms with Gasteiger partial charge in [0.1, 0.15) is 5.75 Å². The van der Waals surface area contributed by atoms with E-state index in [1.54, 1.807) is 48.5 Å². The Bertz CT molecular complexity index is 569. The van der Waals surface area contributed by atoms with Gasteiger partial charge in [0.15, 0.2) is 0 Å². The smallest absolute Gasteiger partial charge is 0.376 e. The molecule has 0 spiro atoms. The van der Waals surface area contributed by atoms with Crippen LogP contribution in [-0.4, -0.2) is 21.8 Å². The Kier molecular flexibility index (Phi) is 3.87. The monoisotopic (exact) mass is 257 g/mol. The van der Waals surface area contributed by atoms with Gasteiger partial charge in [0.05, 0.1) is 5.69 Å². The number of carboxylic acids is 1. The minimum Gasteiger partial charge on any atom is -0.476 e. The van der Waals surface area contributed by atoms with Crippen LogP contribution in [0, 0.1) is 0 Å². The molecule has 1 atom stereocenters. The number of para-hydroxylation sites is 1. The highest BCUT2D eigenvalue weighted by Gasteiger charge is 2.29. The number of pyridine rings is 1. The first-order valence-electron chi connectivity index (χ1n) is 5.58. The summed E-state index contributed by atoms with van der Waals surface area (Å²) in [6.45, 7) is 0. The van der Waals surface area contributed by atoms with Gasteiger partial charge in [0.2, 0.25) is 6.10 Å². The minimum atomic E-state index is -1.55. The molecule has 1 aromatic heterocycles. The Morgan fingerprint density at radius 1 is 1.05 bits per heavy atom. The predicted molar refractivity (Wildman–Crippen MR) is 66.7 cm³/mol. The SMILES string of the molecule is O=C(O)C(=O)C(Oc1ccccc1)c1ccccn1. The first-order valence-corrected chi connectivity index (χ1v) is 5.58. The van der Waals surface area contributed by atoms with E-state index in [4.69, 9.17) is 9.84 Å². The Labute approximate surface area is 109 Å². The minimum absolute atomic E-state index is 0.263. The number of aromatic nitrogens is 1. The molecule has 0 aliphatic rings. The summed E-state index contributed by atoms with van der Waals surface area (Å²) in [7, 11) is 0. The molecule has 1 N–H and O–H groups in total. The lowest BCUT2D eigenvalue weighted by Crippen LogP contribution is -2.26. The molecule has 2 aromatic rings. The van der Waals surface area contributed by atoms with E-state index >= 15 is 0 Å². The van der Waals surface area contributed by atoms with Gasteiger partial charge in [-0.3, -0.25) is 9.78 Å². The summed E-state index contributed by atoms with van der Waals surface area (Å²) in [5, 5.41) is 8.83. The molecular weight excluding hydrogens is 246 g/mol. The average molecular weight is 257 g/mol. The van der Waals surface area contributed by atoms with Crippen LogP contribution in [0.25, 0.3) is 0 Å². The molecule has 0 saturated heterocycles. The average Bonchev–Trinajstić information content (AvgIpc) is 2.46. The Hall–Kier alpha value is -2.69. The lowest BCUT2D eigenvalue weighted by molar-refractivity contribution is -0.152. The van der Waals surface area contributed by atoms with Crippen molar-refractivity contribution in [3.05, 3.63) is 60.4 Å². The lowest BCUT2D eigenvalue weighted by atomic mass is 10.1. The summed E-state index contributed by atoms with van der Waals surface area (Å²) >= 11 is 0. The topological polar surface area (TPSA) is 76.5 Å². The van der Waals surface area contributed by atoms with Crippen molar-refractivity contribution in [3.63, 3.8) is 0 Å². The van der Waals surface area contributed by atoms with Crippen LogP contribution in [0.3, 0.4) is 0 Å². The number of nitrogens with zero attached hydrogens (tertiary/aromatic N) is 1. The highest BCUT2D eigenvalue weighted by atomic mass is 16.5. The van der Waals surface area contributed by atoms with E-state index in [9.17, 15) is 9.59 Å². The van der Waals surface area contributed by atoms with E-state index in [0.717, 1.165) is 0 Å². The molecule has 0 aliphatic carbocycles. The van der Waals surface area contributed by atoms with Gasteiger partial charge in [-0.25, -0.2) is 4.79 Å². The van der Waals surface area contributed by atoms with Gasteiger partial charge in [-0.05, 0) is 24.3 Å². The summed E-state index contributed by atoms with van der Waals surface area (Å²) in [5.41, 5.74) is 0.263. The van der Waals surface area contributed by atoms with Gasteiger partial charge in [-0.15, -0.1) is 0 Å². The van der Waals surface area contributed by atoms with Gasteiger partial charge in [0.25, 0.3) is 5.78 Å². The zero-order chi connectivity index (χ0) is 13.7. The van der Waals surface area contributed by atoms with Crippen LogP contribution >= 0.6 is 0 Å². The van der Waals surface area contributed by atoms with Crippen molar-refractivity contribution in [2.24, 2.45) is 0 Å². The van der Waals surface area contributed by atoms with E-state index in [1.165, 1.54) is 6.20 Å². The first kappa shape index (κ1) is 12.8. The molecular formula is C14H11NO4. The van der Waals surface area contributed by atoms with Crippen LogP contribution in [0.2, 0.25) is 0 Å². The Morgan fingerprint density at radius 3 is 2.32 bits per heavy atom. The summed E-state index contributed by atoms with van der Waals surface area (Å²) in [4.78, 5) is 26.5. The zero-order valence-electron chi connectivity index (χ0n) is 9.89. The number of Topliss-reactive ketones (excluding diaryl/α,β-unsaturated/α-hetero) is 1. The van der Waals surface area contributed by atoms with Crippen LogP contribution in [0.1, 0.15) is 11.8 Å². The van der Waals surface area contributed by atoms with Gasteiger partial charge in [0, 0.05) is 6.20 Å². The van der Waals surface area contributed by atoms with Crippen LogP contribution < -0.4 is 4.74 Å². The molecule has 2 rings (SSSR count). The van der Waals surface area contributed by atoms with E-state index in [-0.39, 0.29) is 5.69 Å². The molecule has 0 aliphatic heterocycles. The number of hydrogen-bond acceptors (Lipinski definition) is 4. The van der Waals surface area contributed by atoms with E-state index in [1.807, 2.05) is 0 Å². The molecule has 5 heteroatoms.